The number of halogens is 3. The number of H-pyrrole nitrogens is 1. The Morgan fingerprint density at radius 1 is 1.17 bits per heavy atom. The lowest BCUT2D eigenvalue weighted by Crippen LogP contribution is -2.08. The zero-order valence-electron chi connectivity index (χ0n) is 14.9. The highest BCUT2D eigenvalue weighted by Crippen LogP contribution is 2.36. The fraction of sp³-hybridized carbons (Fsp3) is 0.111. The van der Waals surface area contributed by atoms with Gasteiger partial charge in [-0.15, -0.1) is 0 Å². The van der Waals surface area contributed by atoms with Crippen LogP contribution in [0.3, 0.4) is 0 Å². The van der Waals surface area contributed by atoms with Gasteiger partial charge in [-0.3, -0.25) is 9.50 Å². The van der Waals surface area contributed by atoms with Gasteiger partial charge < -0.3 is 10.1 Å². The summed E-state index contributed by atoms with van der Waals surface area (Å²) in [4.78, 5) is 19.9. The van der Waals surface area contributed by atoms with Crippen LogP contribution >= 0.6 is 0 Å². The highest BCUT2D eigenvalue weighted by Gasteiger charge is 2.36. The van der Waals surface area contributed by atoms with Gasteiger partial charge in [-0.2, -0.15) is 18.3 Å². The summed E-state index contributed by atoms with van der Waals surface area (Å²) in [7, 11) is 1.29. The molecule has 29 heavy (non-hydrogen) atoms. The lowest BCUT2D eigenvalue weighted by Gasteiger charge is -2.09. The second kappa shape index (κ2) is 6.93. The maximum Gasteiger partial charge on any atom is 0.433 e. The van der Waals surface area contributed by atoms with Crippen LogP contribution in [0.2, 0.25) is 0 Å². The van der Waals surface area contributed by atoms with Crippen LogP contribution in [-0.4, -0.2) is 37.6 Å². The van der Waals surface area contributed by atoms with E-state index in [0.717, 1.165) is 6.20 Å². The van der Waals surface area contributed by atoms with Crippen molar-refractivity contribution in [2.75, 3.05) is 12.4 Å². The molecule has 8 nitrogen and oxygen atoms in total. The van der Waals surface area contributed by atoms with E-state index in [2.05, 4.69) is 25.1 Å². The standard InChI is InChI=1S/C18H13F3N6O2/c1-29-17(28)10-2-4-11(5-3-10)25-15-16-23-9-13(27(16)7-6-22-15)12-8-24-26-14(12)18(19,20)21/h2-9H,1H3,(H,22,25)(H,24,26). The first-order valence-corrected chi connectivity index (χ1v) is 8.27. The Morgan fingerprint density at radius 3 is 2.62 bits per heavy atom. The van der Waals surface area contributed by atoms with Crippen molar-refractivity contribution in [2.24, 2.45) is 0 Å². The maximum absolute atomic E-state index is 13.2. The van der Waals surface area contributed by atoms with Gasteiger partial charge in [-0.1, -0.05) is 0 Å². The molecular formula is C18H13F3N6O2. The number of nitrogens with one attached hydrogen (secondary N) is 2. The number of aromatic amines is 1. The number of hydrogen-bond donors (Lipinski definition) is 2. The molecule has 0 aliphatic carbocycles. The Morgan fingerprint density at radius 2 is 1.93 bits per heavy atom. The molecule has 4 aromatic rings. The monoisotopic (exact) mass is 402 g/mol. The Kier molecular flexibility index (Phi) is 4.41. The van der Waals surface area contributed by atoms with E-state index in [9.17, 15) is 18.0 Å². The van der Waals surface area contributed by atoms with E-state index in [-0.39, 0.29) is 11.3 Å². The predicted octanol–water partition coefficient (Wildman–Crippen LogP) is 3.67. The minimum Gasteiger partial charge on any atom is -0.465 e. The second-order valence-electron chi connectivity index (χ2n) is 5.96. The number of nitrogens with zero attached hydrogens (tertiary/aromatic N) is 4. The number of esters is 1. The number of imidazole rings is 1. The lowest BCUT2D eigenvalue weighted by molar-refractivity contribution is -0.140. The summed E-state index contributed by atoms with van der Waals surface area (Å²) in [5.74, 6) is -0.128. The molecule has 0 spiro atoms. The minimum absolute atomic E-state index is 0.121. The third-order valence-electron chi connectivity index (χ3n) is 4.20. The van der Waals surface area contributed by atoms with E-state index in [1.807, 2.05) is 5.10 Å². The number of carbonyl (C=O) groups excluding carboxylic acids is 1. The molecule has 4 rings (SSSR count). The molecule has 11 heteroatoms. The third-order valence-corrected chi connectivity index (χ3v) is 4.20. The van der Waals surface area contributed by atoms with Gasteiger partial charge >= 0.3 is 12.1 Å². The molecule has 1 aromatic carbocycles. The van der Waals surface area contributed by atoms with Crippen molar-refractivity contribution in [3.05, 3.63) is 60.3 Å². The van der Waals surface area contributed by atoms with Gasteiger partial charge in [-0.05, 0) is 24.3 Å². The number of alkyl halides is 3. The van der Waals surface area contributed by atoms with Gasteiger partial charge in [0.2, 0.25) is 0 Å². The van der Waals surface area contributed by atoms with Gasteiger partial charge in [0.1, 0.15) is 5.69 Å². The first kappa shape index (κ1) is 18.5. The van der Waals surface area contributed by atoms with Crippen molar-refractivity contribution in [3.8, 4) is 11.3 Å². The highest BCUT2D eigenvalue weighted by atomic mass is 19.4. The number of anilines is 2. The summed E-state index contributed by atoms with van der Waals surface area (Å²) in [6, 6.07) is 6.46. The summed E-state index contributed by atoms with van der Waals surface area (Å²) in [5.41, 5.74) is 0.462. The molecule has 0 aliphatic rings. The normalized spacial score (nSPS) is 11.6. The molecule has 3 aromatic heterocycles. The van der Waals surface area contributed by atoms with Crippen molar-refractivity contribution >= 4 is 23.1 Å². The Balaban J connectivity index is 1.70. The van der Waals surface area contributed by atoms with Gasteiger partial charge in [0, 0.05) is 18.1 Å². The quantitative estimate of drug-likeness (QED) is 0.506. The number of carbonyl (C=O) groups is 1. The molecule has 0 radical (unpaired) electrons. The van der Waals surface area contributed by atoms with Gasteiger partial charge in [0.15, 0.2) is 11.5 Å². The first-order chi connectivity index (χ1) is 13.9. The summed E-state index contributed by atoms with van der Waals surface area (Å²) in [6.07, 6.45) is 0.798. The van der Waals surface area contributed by atoms with E-state index in [1.54, 1.807) is 24.3 Å². The fourth-order valence-electron chi connectivity index (χ4n) is 2.85. The van der Waals surface area contributed by atoms with E-state index >= 15 is 0 Å². The minimum atomic E-state index is -4.58. The van der Waals surface area contributed by atoms with Crippen LogP contribution in [-0.2, 0) is 10.9 Å². The zero-order chi connectivity index (χ0) is 20.6. The van der Waals surface area contributed by atoms with Crippen LogP contribution in [0.1, 0.15) is 16.1 Å². The number of methoxy groups -OCH3 is 1. The van der Waals surface area contributed by atoms with Crippen LogP contribution in [0.4, 0.5) is 24.7 Å². The summed E-state index contributed by atoms with van der Waals surface area (Å²) in [6.45, 7) is 0. The van der Waals surface area contributed by atoms with Gasteiger partial charge in [0.25, 0.3) is 0 Å². The van der Waals surface area contributed by atoms with Crippen LogP contribution in [0.25, 0.3) is 16.9 Å². The second-order valence-corrected chi connectivity index (χ2v) is 5.96. The zero-order valence-corrected chi connectivity index (χ0v) is 14.9. The maximum atomic E-state index is 13.2. The Hall–Kier alpha value is -3.89. The molecule has 0 bridgehead atoms. The SMILES string of the molecule is COC(=O)c1ccc(Nc2nccn3c(-c4cn[nH]c4C(F)(F)F)cnc23)cc1. The summed E-state index contributed by atoms with van der Waals surface area (Å²) in [5, 5.41) is 8.55. The molecule has 0 fully saturated rings. The molecule has 0 amide bonds. The Labute approximate surface area is 161 Å². The molecular weight excluding hydrogens is 389 g/mol. The largest absolute Gasteiger partial charge is 0.465 e. The molecule has 0 atom stereocenters. The van der Waals surface area contributed by atoms with Crippen LogP contribution in [0, 0.1) is 0 Å². The van der Waals surface area contributed by atoms with E-state index in [0.29, 0.717) is 22.7 Å². The topological polar surface area (TPSA) is 97.2 Å². The number of benzene rings is 1. The molecule has 3 heterocycles. The average Bonchev–Trinajstić information content (AvgIpc) is 3.35. The van der Waals surface area contributed by atoms with Crippen LogP contribution < -0.4 is 5.32 Å². The molecule has 148 valence electrons. The summed E-state index contributed by atoms with van der Waals surface area (Å²) < 4.78 is 45.7. The van der Waals surface area contributed by atoms with Crippen molar-refractivity contribution in [2.45, 2.75) is 6.18 Å². The van der Waals surface area contributed by atoms with E-state index in [4.69, 9.17) is 0 Å². The molecule has 0 unspecified atom stereocenters. The average molecular weight is 402 g/mol. The van der Waals surface area contributed by atoms with Gasteiger partial charge in [0.05, 0.1) is 36.3 Å². The van der Waals surface area contributed by atoms with E-state index in [1.165, 1.54) is 30.1 Å². The van der Waals surface area contributed by atoms with Crippen LogP contribution in [0.15, 0.2) is 49.1 Å². The fourth-order valence-corrected chi connectivity index (χ4v) is 2.85. The highest BCUT2D eigenvalue weighted by molar-refractivity contribution is 5.90. The van der Waals surface area contributed by atoms with Crippen LogP contribution in [0.5, 0.6) is 0 Å². The lowest BCUT2D eigenvalue weighted by atomic mass is 10.2. The molecule has 0 saturated heterocycles. The van der Waals surface area contributed by atoms with E-state index < -0.39 is 17.8 Å². The van der Waals surface area contributed by atoms with Crippen molar-refractivity contribution in [3.63, 3.8) is 0 Å². The van der Waals surface area contributed by atoms with Gasteiger partial charge in [-0.25, -0.2) is 14.8 Å². The first-order valence-electron chi connectivity index (χ1n) is 8.27. The third kappa shape index (κ3) is 3.37. The molecule has 0 aliphatic heterocycles. The smallest absolute Gasteiger partial charge is 0.433 e. The number of hydrogen-bond acceptors (Lipinski definition) is 6. The van der Waals surface area contributed by atoms with Crippen molar-refractivity contribution in [1.82, 2.24) is 24.6 Å². The summed E-state index contributed by atoms with van der Waals surface area (Å²) >= 11 is 0. The number of fused-ring (bicyclic) bond motifs is 1. The van der Waals surface area contributed by atoms with Crippen molar-refractivity contribution < 1.29 is 22.7 Å². The predicted molar refractivity (Wildman–Crippen MR) is 96.6 cm³/mol. The molecule has 0 saturated carbocycles. The molecule has 2 N–H and O–H groups in total. The Bertz CT molecular complexity index is 1180. The van der Waals surface area contributed by atoms with Crippen molar-refractivity contribution in [1.29, 1.82) is 0 Å². The number of rotatable bonds is 4. The number of ether oxygens (including phenoxy) is 1. The number of aromatic nitrogens is 5.